The van der Waals surface area contributed by atoms with Gasteiger partial charge >= 0.3 is 5.69 Å². The second-order valence-electron chi connectivity index (χ2n) is 6.04. The van der Waals surface area contributed by atoms with Crippen LogP contribution in [-0.2, 0) is 6.54 Å². The summed E-state index contributed by atoms with van der Waals surface area (Å²) in [5.74, 6) is 0.476. The summed E-state index contributed by atoms with van der Waals surface area (Å²) in [6, 6.07) is 8.17. The Bertz CT molecular complexity index is 1150. The van der Waals surface area contributed by atoms with Crippen molar-refractivity contribution in [1.82, 2.24) is 25.0 Å². The van der Waals surface area contributed by atoms with Gasteiger partial charge < -0.3 is 19.2 Å². The van der Waals surface area contributed by atoms with Crippen molar-refractivity contribution in [3.05, 3.63) is 58.7 Å². The van der Waals surface area contributed by atoms with Crippen LogP contribution in [0.25, 0.3) is 22.4 Å². The first-order valence-corrected chi connectivity index (χ1v) is 8.47. The van der Waals surface area contributed by atoms with Crippen LogP contribution in [0.4, 0.5) is 0 Å². The molecule has 0 spiro atoms. The highest BCUT2D eigenvalue weighted by atomic mass is 16.5. The molecule has 0 aliphatic carbocycles. The van der Waals surface area contributed by atoms with E-state index in [0.29, 0.717) is 23.4 Å². The van der Waals surface area contributed by atoms with Crippen molar-refractivity contribution in [2.45, 2.75) is 26.4 Å². The number of carbonyl (C=O) groups is 1. The van der Waals surface area contributed by atoms with E-state index in [1.54, 1.807) is 29.7 Å². The summed E-state index contributed by atoms with van der Waals surface area (Å²) in [6.07, 6.45) is 1.43. The standard InChI is InChI=1S/C18H17N5O4/c1-3-23-13-7-6-11(9-12(13)20-18(23)25)15-21-17(27-22-15)10(2)19-16(24)14-5-4-8-26-14/h4-10H,3H2,1-2H3,(H,19,24)(H,20,25)/t10-/m0/s1. The molecular formula is C18H17N5O4. The molecule has 0 aliphatic heterocycles. The smallest absolute Gasteiger partial charge is 0.326 e. The molecule has 138 valence electrons. The van der Waals surface area contributed by atoms with E-state index in [9.17, 15) is 9.59 Å². The van der Waals surface area contributed by atoms with Gasteiger partial charge in [-0.2, -0.15) is 4.98 Å². The van der Waals surface area contributed by atoms with E-state index in [0.717, 1.165) is 5.52 Å². The van der Waals surface area contributed by atoms with Gasteiger partial charge in [0.25, 0.3) is 5.91 Å². The number of aromatic nitrogens is 4. The van der Waals surface area contributed by atoms with Gasteiger partial charge in [-0.05, 0) is 44.2 Å². The maximum atomic E-state index is 12.0. The number of furan rings is 1. The van der Waals surface area contributed by atoms with Crippen molar-refractivity contribution in [2.75, 3.05) is 0 Å². The van der Waals surface area contributed by atoms with Crippen LogP contribution >= 0.6 is 0 Å². The van der Waals surface area contributed by atoms with Crippen molar-refractivity contribution >= 4 is 16.9 Å². The number of fused-ring (bicyclic) bond motifs is 1. The third kappa shape index (κ3) is 3.03. The number of hydrogen-bond acceptors (Lipinski definition) is 6. The third-order valence-corrected chi connectivity index (χ3v) is 4.25. The lowest BCUT2D eigenvalue weighted by atomic mass is 10.2. The van der Waals surface area contributed by atoms with Crippen molar-refractivity contribution in [1.29, 1.82) is 0 Å². The van der Waals surface area contributed by atoms with Crippen molar-refractivity contribution in [2.24, 2.45) is 0 Å². The lowest BCUT2D eigenvalue weighted by molar-refractivity contribution is 0.0904. The van der Waals surface area contributed by atoms with Crippen LogP contribution in [0.1, 0.15) is 36.3 Å². The first-order chi connectivity index (χ1) is 13.1. The van der Waals surface area contributed by atoms with Gasteiger partial charge in [0, 0.05) is 12.1 Å². The van der Waals surface area contributed by atoms with Crippen LogP contribution in [0.15, 0.2) is 50.3 Å². The highest BCUT2D eigenvalue weighted by molar-refractivity contribution is 5.91. The van der Waals surface area contributed by atoms with E-state index in [1.165, 1.54) is 6.26 Å². The maximum absolute atomic E-state index is 12.0. The Balaban J connectivity index is 1.57. The minimum atomic E-state index is -0.492. The van der Waals surface area contributed by atoms with Crippen LogP contribution in [0.3, 0.4) is 0 Å². The number of imidazole rings is 1. The lowest BCUT2D eigenvalue weighted by Crippen LogP contribution is -2.26. The van der Waals surface area contributed by atoms with E-state index < -0.39 is 6.04 Å². The fraction of sp³-hybridized carbons (Fsp3) is 0.222. The van der Waals surface area contributed by atoms with E-state index >= 15 is 0 Å². The number of carbonyl (C=O) groups excluding carboxylic acids is 1. The average molecular weight is 367 g/mol. The molecule has 0 bridgehead atoms. The van der Waals surface area contributed by atoms with Crippen LogP contribution in [0, 0.1) is 0 Å². The molecule has 0 aliphatic rings. The van der Waals surface area contributed by atoms with Crippen LogP contribution in [-0.4, -0.2) is 25.6 Å². The number of aryl methyl sites for hydroxylation is 1. The van der Waals surface area contributed by atoms with E-state index in [4.69, 9.17) is 8.94 Å². The summed E-state index contributed by atoms with van der Waals surface area (Å²) in [7, 11) is 0. The van der Waals surface area contributed by atoms with E-state index in [1.807, 2.05) is 19.1 Å². The van der Waals surface area contributed by atoms with Crippen LogP contribution in [0.2, 0.25) is 0 Å². The van der Waals surface area contributed by atoms with Gasteiger partial charge in [-0.15, -0.1) is 0 Å². The number of nitrogens with one attached hydrogen (secondary N) is 2. The highest BCUT2D eigenvalue weighted by Crippen LogP contribution is 2.22. The summed E-state index contributed by atoms with van der Waals surface area (Å²) in [6.45, 7) is 4.23. The molecule has 0 saturated heterocycles. The molecule has 0 unspecified atom stereocenters. The first-order valence-electron chi connectivity index (χ1n) is 8.47. The lowest BCUT2D eigenvalue weighted by Gasteiger charge is -2.07. The summed E-state index contributed by atoms with van der Waals surface area (Å²) in [4.78, 5) is 31.1. The molecule has 0 radical (unpaired) electrons. The van der Waals surface area contributed by atoms with Gasteiger partial charge in [-0.25, -0.2) is 4.79 Å². The number of hydrogen-bond donors (Lipinski definition) is 2. The molecule has 9 nitrogen and oxygen atoms in total. The number of aromatic amines is 1. The Morgan fingerprint density at radius 1 is 1.37 bits per heavy atom. The number of rotatable bonds is 5. The minimum absolute atomic E-state index is 0.160. The zero-order chi connectivity index (χ0) is 19.0. The van der Waals surface area contributed by atoms with Crippen LogP contribution < -0.4 is 11.0 Å². The van der Waals surface area contributed by atoms with Gasteiger partial charge in [-0.1, -0.05) is 5.16 Å². The summed E-state index contributed by atoms with van der Waals surface area (Å²) in [5, 5.41) is 6.71. The van der Waals surface area contributed by atoms with Crippen molar-refractivity contribution in [3.8, 4) is 11.4 Å². The Kier molecular flexibility index (Phi) is 4.11. The maximum Gasteiger partial charge on any atom is 0.326 e. The molecule has 1 amide bonds. The number of nitrogens with zero attached hydrogens (tertiary/aromatic N) is 3. The van der Waals surface area contributed by atoms with Gasteiger partial charge in [-0.3, -0.25) is 9.36 Å². The second kappa shape index (κ2) is 6.60. The third-order valence-electron chi connectivity index (χ3n) is 4.25. The minimum Gasteiger partial charge on any atom is -0.459 e. The number of H-pyrrole nitrogens is 1. The van der Waals surface area contributed by atoms with E-state index in [2.05, 4.69) is 20.4 Å². The highest BCUT2D eigenvalue weighted by Gasteiger charge is 2.19. The molecule has 4 aromatic rings. The predicted molar refractivity (Wildman–Crippen MR) is 96.1 cm³/mol. The molecule has 2 N–H and O–H groups in total. The van der Waals surface area contributed by atoms with Gasteiger partial charge in [0.15, 0.2) is 5.76 Å². The molecule has 1 atom stereocenters. The fourth-order valence-corrected chi connectivity index (χ4v) is 2.88. The van der Waals surface area contributed by atoms with Gasteiger partial charge in [0.05, 0.1) is 17.3 Å². The predicted octanol–water partition coefficient (Wildman–Crippen LogP) is 2.48. The second-order valence-corrected chi connectivity index (χ2v) is 6.04. The molecule has 3 aromatic heterocycles. The largest absolute Gasteiger partial charge is 0.459 e. The monoisotopic (exact) mass is 367 g/mol. The quantitative estimate of drug-likeness (QED) is 0.559. The fourth-order valence-electron chi connectivity index (χ4n) is 2.88. The average Bonchev–Trinajstić information content (AvgIpc) is 3.39. The van der Waals surface area contributed by atoms with Gasteiger partial charge in [0.2, 0.25) is 11.7 Å². The first kappa shape index (κ1) is 16.8. The van der Waals surface area contributed by atoms with Crippen molar-refractivity contribution < 1.29 is 13.7 Å². The number of amides is 1. The summed E-state index contributed by atoms with van der Waals surface area (Å²) in [5.41, 5.74) is 2.05. The van der Waals surface area contributed by atoms with Gasteiger partial charge in [0.1, 0.15) is 6.04 Å². The molecule has 0 saturated carbocycles. The number of benzene rings is 1. The Hall–Kier alpha value is -3.62. The Morgan fingerprint density at radius 2 is 2.22 bits per heavy atom. The Morgan fingerprint density at radius 3 is 2.96 bits per heavy atom. The van der Waals surface area contributed by atoms with Crippen LogP contribution in [0.5, 0.6) is 0 Å². The molecule has 4 rings (SSSR count). The SMILES string of the molecule is CCn1c(=O)[nH]c2cc(-c3noc([C@H](C)NC(=O)c4ccco4)n3)ccc21. The molecule has 1 aromatic carbocycles. The zero-order valence-electron chi connectivity index (χ0n) is 14.7. The molecule has 3 heterocycles. The molecule has 27 heavy (non-hydrogen) atoms. The Labute approximate surface area is 153 Å². The molecule has 0 fully saturated rings. The molecule has 9 heteroatoms. The van der Waals surface area contributed by atoms with Crippen molar-refractivity contribution in [3.63, 3.8) is 0 Å². The summed E-state index contributed by atoms with van der Waals surface area (Å²) < 4.78 is 12.0. The molecular weight excluding hydrogens is 350 g/mol. The normalized spacial score (nSPS) is 12.4. The van der Waals surface area contributed by atoms with E-state index in [-0.39, 0.29) is 23.2 Å². The topological polar surface area (TPSA) is 119 Å². The zero-order valence-corrected chi connectivity index (χ0v) is 14.7. The summed E-state index contributed by atoms with van der Waals surface area (Å²) >= 11 is 0.